The lowest BCUT2D eigenvalue weighted by Gasteiger charge is -2.37. The fraction of sp³-hybridized carbons (Fsp3) is 0.333. The van der Waals surface area contributed by atoms with Gasteiger partial charge >= 0.3 is 0 Å². The van der Waals surface area contributed by atoms with Crippen molar-refractivity contribution in [1.29, 1.82) is 0 Å². The zero-order valence-corrected chi connectivity index (χ0v) is 18.4. The Balaban J connectivity index is 1.37. The molecule has 0 atom stereocenters. The lowest BCUT2D eigenvalue weighted by molar-refractivity contribution is -0.138. The third kappa shape index (κ3) is 8.08. The highest BCUT2D eigenvalue weighted by atomic mass is 16.5. The molecule has 1 heterocycles. The monoisotopic (exact) mass is 419 g/mol. The fourth-order valence-electron chi connectivity index (χ4n) is 3.17. The maximum atomic E-state index is 5.91. The molecule has 4 nitrogen and oxygen atoms in total. The Morgan fingerprint density at radius 2 is 1.81 bits per heavy atom. The summed E-state index contributed by atoms with van der Waals surface area (Å²) in [4.78, 5) is 0. The van der Waals surface area contributed by atoms with Crippen LogP contribution in [0.2, 0.25) is 0 Å². The van der Waals surface area contributed by atoms with Crippen molar-refractivity contribution >= 4 is 17.5 Å². The van der Waals surface area contributed by atoms with Crippen LogP contribution in [0.15, 0.2) is 79.4 Å². The highest BCUT2D eigenvalue weighted by Crippen LogP contribution is 2.26. The van der Waals surface area contributed by atoms with E-state index in [1.165, 1.54) is 0 Å². The normalized spacial score (nSPS) is 15.1. The van der Waals surface area contributed by atoms with Crippen molar-refractivity contribution in [3.63, 3.8) is 0 Å². The topological polar surface area (TPSA) is 39.7 Å². The fourth-order valence-corrected chi connectivity index (χ4v) is 3.17. The van der Waals surface area contributed by atoms with Crippen molar-refractivity contribution in [2.24, 2.45) is 5.41 Å². The first kappa shape index (κ1) is 22.9. The van der Waals surface area contributed by atoms with Crippen LogP contribution in [-0.4, -0.2) is 33.0 Å². The number of benzene rings is 2. The van der Waals surface area contributed by atoms with Gasteiger partial charge in [0.05, 0.1) is 26.4 Å². The van der Waals surface area contributed by atoms with E-state index in [0.717, 1.165) is 62.0 Å². The molecule has 4 heteroatoms. The first-order chi connectivity index (χ1) is 15.2. The lowest BCUT2D eigenvalue weighted by atomic mass is 9.90. The number of unbranched alkanes of at least 4 members (excludes halogenated alkanes) is 1. The Morgan fingerprint density at radius 3 is 2.55 bits per heavy atom. The molecule has 1 N–H and O–H groups in total. The molecule has 31 heavy (non-hydrogen) atoms. The number of allylic oxidation sites excluding steroid dienone is 4. The number of hydrogen-bond acceptors (Lipinski definition) is 4. The van der Waals surface area contributed by atoms with Crippen LogP contribution in [0.25, 0.3) is 6.08 Å². The molecule has 0 bridgehead atoms. The van der Waals surface area contributed by atoms with Gasteiger partial charge in [-0.05, 0) is 42.7 Å². The minimum absolute atomic E-state index is 0.226. The number of ether oxygens (including phenoxy) is 3. The van der Waals surface area contributed by atoms with Crippen molar-refractivity contribution < 1.29 is 14.2 Å². The molecule has 164 valence electrons. The van der Waals surface area contributed by atoms with E-state index in [9.17, 15) is 0 Å². The predicted octanol–water partition coefficient (Wildman–Crippen LogP) is 6.40. The van der Waals surface area contributed by atoms with Gasteiger partial charge in [0.15, 0.2) is 0 Å². The van der Waals surface area contributed by atoms with Gasteiger partial charge in [0.2, 0.25) is 0 Å². The summed E-state index contributed by atoms with van der Waals surface area (Å²) in [6.07, 6.45) is 11.7. The highest BCUT2D eigenvalue weighted by Gasteiger charge is 2.33. The van der Waals surface area contributed by atoms with Crippen LogP contribution in [0.4, 0.5) is 11.4 Å². The summed E-state index contributed by atoms with van der Waals surface area (Å²) in [7, 11) is 0. The minimum Gasteiger partial charge on any atom is -0.494 e. The zero-order valence-electron chi connectivity index (χ0n) is 18.4. The van der Waals surface area contributed by atoms with Crippen molar-refractivity contribution in [3.8, 4) is 5.75 Å². The summed E-state index contributed by atoms with van der Waals surface area (Å²) in [5, 5.41) is 3.43. The molecule has 1 saturated heterocycles. The minimum atomic E-state index is 0.226. The van der Waals surface area contributed by atoms with E-state index in [2.05, 4.69) is 49.2 Å². The van der Waals surface area contributed by atoms with Crippen LogP contribution in [0.3, 0.4) is 0 Å². The van der Waals surface area contributed by atoms with Gasteiger partial charge in [-0.15, -0.1) is 0 Å². The van der Waals surface area contributed by atoms with Gasteiger partial charge in [-0.1, -0.05) is 62.1 Å². The second-order valence-corrected chi connectivity index (χ2v) is 8.17. The molecule has 0 aromatic heterocycles. The molecule has 1 aliphatic rings. The van der Waals surface area contributed by atoms with Gasteiger partial charge in [0, 0.05) is 29.5 Å². The quantitative estimate of drug-likeness (QED) is 0.301. The molecule has 0 unspecified atom stereocenters. The van der Waals surface area contributed by atoms with Gasteiger partial charge in [0.25, 0.3) is 0 Å². The first-order valence-corrected chi connectivity index (χ1v) is 10.9. The highest BCUT2D eigenvalue weighted by molar-refractivity contribution is 5.63. The standard InChI is InChI=1S/C27H33NO3/c1-3-4-5-6-10-23-13-15-24(16-14-23)28-25-11-9-12-26(19-25)31-18-8-7-17-29-20-27(2)21-30-22-27/h3-6,9-16,19,28H,1,7-8,17-18,20-22H2,2H3/b5-4-,10-6+. The van der Waals surface area contributed by atoms with Crippen LogP contribution in [0.1, 0.15) is 25.3 Å². The number of rotatable bonds is 13. The summed E-state index contributed by atoms with van der Waals surface area (Å²) >= 11 is 0. The molecule has 3 rings (SSSR count). The maximum Gasteiger partial charge on any atom is 0.121 e. The van der Waals surface area contributed by atoms with Gasteiger partial charge in [0.1, 0.15) is 5.75 Å². The van der Waals surface area contributed by atoms with E-state index in [0.29, 0.717) is 6.61 Å². The Kier molecular flexibility index (Phi) is 8.95. The van der Waals surface area contributed by atoms with Gasteiger partial charge in [-0.3, -0.25) is 0 Å². The Morgan fingerprint density at radius 1 is 1.00 bits per heavy atom. The third-order valence-corrected chi connectivity index (χ3v) is 4.98. The first-order valence-electron chi connectivity index (χ1n) is 10.9. The second-order valence-electron chi connectivity index (χ2n) is 8.17. The summed E-state index contributed by atoms with van der Waals surface area (Å²) in [5.74, 6) is 0.874. The van der Waals surface area contributed by atoms with Crippen molar-refractivity contribution in [3.05, 3.63) is 85.0 Å². The molecule has 2 aromatic rings. The van der Waals surface area contributed by atoms with Crippen LogP contribution in [0, 0.1) is 5.41 Å². The summed E-state index contributed by atoms with van der Waals surface area (Å²) in [5.41, 5.74) is 3.42. The molecule has 1 fully saturated rings. The maximum absolute atomic E-state index is 5.91. The van der Waals surface area contributed by atoms with E-state index < -0.39 is 0 Å². The van der Waals surface area contributed by atoms with Crippen LogP contribution in [-0.2, 0) is 9.47 Å². The Labute approximate surface area is 186 Å². The van der Waals surface area contributed by atoms with Crippen LogP contribution >= 0.6 is 0 Å². The molecule has 0 amide bonds. The van der Waals surface area contributed by atoms with Crippen molar-refractivity contribution in [2.75, 3.05) is 38.4 Å². The third-order valence-electron chi connectivity index (χ3n) is 4.98. The molecule has 2 aromatic carbocycles. The molecule has 0 radical (unpaired) electrons. The molecular weight excluding hydrogens is 386 g/mol. The number of anilines is 2. The van der Waals surface area contributed by atoms with Crippen molar-refractivity contribution in [2.45, 2.75) is 19.8 Å². The van der Waals surface area contributed by atoms with E-state index in [-0.39, 0.29) is 5.41 Å². The van der Waals surface area contributed by atoms with Crippen LogP contribution < -0.4 is 10.1 Å². The molecule has 1 aliphatic heterocycles. The summed E-state index contributed by atoms with van der Waals surface area (Å²) in [6.45, 7) is 9.74. The van der Waals surface area contributed by atoms with Gasteiger partial charge in [-0.2, -0.15) is 0 Å². The smallest absolute Gasteiger partial charge is 0.121 e. The van der Waals surface area contributed by atoms with Gasteiger partial charge in [-0.25, -0.2) is 0 Å². The number of hydrogen-bond donors (Lipinski definition) is 1. The van der Waals surface area contributed by atoms with Crippen molar-refractivity contribution in [1.82, 2.24) is 0 Å². The van der Waals surface area contributed by atoms with Crippen LogP contribution in [0.5, 0.6) is 5.75 Å². The van der Waals surface area contributed by atoms with E-state index in [4.69, 9.17) is 14.2 Å². The van der Waals surface area contributed by atoms with E-state index in [1.54, 1.807) is 6.08 Å². The molecule has 0 saturated carbocycles. The summed E-state index contributed by atoms with van der Waals surface area (Å²) < 4.78 is 16.9. The SMILES string of the molecule is C=C/C=C\C=C\c1ccc(Nc2cccc(OCCCCOCC3(C)COC3)c2)cc1. The average Bonchev–Trinajstić information content (AvgIpc) is 2.76. The molecule has 0 aliphatic carbocycles. The summed E-state index contributed by atoms with van der Waals surface area (Å²) in [6, 6.07) is 16.4. The lowest BCUT2D eigenvalue weighted by Crippen LogP contribution is -2.43. The Bertz CT molecular complexity index is 866. The van der Waals surface area contributed by atoms with E-state index >= 15 is 0 Å². The predicted molar refractivity (Wildman–Crippen MR) is 129 cm³/mol. The molecule has 0 spiro atoms. The Hall–Kier alpha value is -2.82. The van der Waals surface area contributed by atoms with Gasteiger partial charge < -0.3 is 19.5 Å². The average molecular weight is 420 g/mol. The zero-order chi connectivity index (χ0) is 21.8. The molecular formula is C27H33NO3. The van der Waals surface area contributed by atoms with E-state index in [1.807, 2.05) is 42.5 Å². The second kappa shape index (κ2) is 12.1. The largest absolute Gasteiger partial charge is 0.494 e. The number of nitrogens with one attached hydrogen (secondary N) is 1.